The van der Waals surface area contributed by atoms with Gasteiger partial charge in [-0.15, -0.1) is 6.58 Å². The summed E-state index contributed by atoms with van der Waals surface area (Å²) in [6.07, 6.45) is 13.3. The number of benzene rings is 1. The highest BCUT2D eigenvalue weighted by Crippen LogP contribution is 2.51. The first kappa shape index (κ1) is 20.3. The molecule has 2 unspecified atom stereocenters. The van der Waals surface area contributed by atoms with Crippen molar-refractivity contribution in [3.8, 4) is 0 Å². The Morgan fingerprint density at radius 1 is 1.15 bits per heavy atom. The molecule has 1 aromatic rings. The second kappa shape index (κ2) is 9.17. The van der Waals surface area contributed by atoms with Crippen LogP contribution in [0, 0.1) is 17.3 Å². The third-order valence-electron chi connectivity index (χ3n) is 6.94. The number of unbranched alkanes of at least 4 members (excludes halogenated alkanes) is 2. The lowest BCUT2D eigenvalue weighted by Crippen LogP contribution is -2.48. The summed E-state index contributed by atoms with van der Waals surface area (Å²) < 4.78 is 30.6. The summed E-state index contributed by atoms with van der Waals surface area (Å²) in [5.41, 5.74) is -0.721. The molecular weight excluding hydrogens is 338 g/mol. The minimum atomic E-state index is -1.53. The lowest BCUT2D eigenvalue weighted by Gasteiger charge is -2.45. The second-order valence-electron chi connectivity index (χ2n) is 8.60. The van der Waals surface area contributed by atoms with Crippen LogP contribution in [-0.4, -0.2) is 6.17 Å². The fourth-order valence-corrected chi connectivity index (χ4v) is 5.33. The third kappa shape index (κ3) is 4.20. The van der Waals surface area contributed by atoms with E-state index in [9.17, 15) is 0 Å². The molecule has 0 radical (unpaired) electrons. The smallest absolute Gasteiger partial charge is 0.161 e. The van der Waals surface area contributed by atoms with Crippen molar-refractivity contribution in [2.75, 3.05) is 0 Å². The zero-order valence-electron chi connectivity index (χ0n) is 16.7. The fourth-order valence-electron chi connectivity index (χ4n) is 5.33. The Morgan fingerprint density at radius 2 is 1.89 bits per heavy atom. The molecule has 3 rings (SSSR count). The van der Waals surface area contributed by atoms with Gasteiger partial charge in [0.2, 0.25) is 0 Å². The van der Waals surface area contributed by atoms with Gasteiger partial charge in [-0.1, -0.05) is 81.9 Å². The molecule has 0 heterocycles. The Hall–Kier alpha value is -1.44. The third-order valence-corrected chi connectivity index (χ3v) is 6.94. The van der Waals surface area contributed by atoms with Crippen LogP contribution in [-0.2, 0) is 0 Å². The highest BCUT2D eigenvalue weighted by molar-refractivity contribution is 5.55. The minimum absolute atomic E-state index is 0.217. The van der Waals surface area contributed by atoms with Gasteiger partial charge >= 0.3 is 0 Å². The number of fused-ring (bicyclic) bond motifs is 1. The van der Waals surface area contributed by atoms with E-state index >= 15 is 8.78 Å². The largest absolute Gasteiger partial charge is 0.239 e. The van der Waals surface area contributed by atoms with Crippen LogP contribution in [0.1, 0.15) is 71.1 Å². The van der Waals surface area contributed by atoms with E-state index in [1.807, 2.05) is 18.2 Å². The Morgan fingerprint density at radius 3 is 2.59 bits per heavy atom. The van der Waals surface area contributed by atoms with Gasteiger partial charge in [0, 0.05) is 10.6 Å². The summed E-state index contributed by atoms with van der Waals surface area (Å²) in [7, 11) is 0. The SMILES string of the molecule is C=CCCC1(C2CCC(CCCCC)CC2)C=c2ccccc2=C(F)C1F. The van der Waals surface area contributed by atoms with E-state index in [0.717, 1.165) is 43.2 Å². The average Bonchev–Trinajstić information content (AvgIpc) is 2.70. The van der Waals surface area contributed by atoms with Gasteiger partial charge in [-0.25, -0.2) is 8.78 Å². The highest BCUT2D eigenvalue weighted by Gasteiger charge is 2.48. The molecule has 0 aliphatic heterocycles. The van der Waals surface area contributed by atoms with Gasteiger partial charge in [0.15, 0.2) is 6.17 Å². The van der Waals surface area contributed by atoms with Gasteiger partial charge in [0.25, 0.3) is 0 Å². The van der Waals surface area contributed by atoms with Crippen molar-refractivity contribution in [3.05, 3.63) is 47.4 Å². The summed E-state index contributed by atoms with van der Waals surface area (Å²) in [6, 6.07) is 7.34. The number of rotatable bonds is 8. The topological polar surface area (TPSA) is 0 Å². The number of alkyl halides is 1. The van der Waals surface area contributed by atoms with Crippen LogP contribution in [0.5, 0.6) is 0 Å². The first-order chi connectivity index (χ1) is 13.1. The van der Waals surface area contributed by atoms with Gasteiger partial charge in [0.05, 0.1) is 0 Å². The standard InChI is InChI=1S/C25H34F2/c1-3-5-7-10-19-13-15-21(16-14-19)25(17-6-4-2)18-20-11-8-9-12-22(20)23(26)24(25)27/h4,8-9,11-12,18-19,21,24H,2-3,5-7,10,13-17H2,1H3. The van der Waals surface area contributed by atoms with Crippen LogP contribution < -0.4 is 10.4 Å². The van der Waals surface area contributed by atoms with E-state index in [1.54, 1.807) is 12.1 Å². The van der Waals surface area contributed by atoms with Gasteiger partial charge in [-0.3, -0.25) is 0 Å². The number of allylic oxidation sites excluding steroid dienone is 1. The van der Waals surface area contributed by atoms with Crippen LogP contribution in [0.25, 0.3) is 11.9 Å². The van der Waals surface area contributed by atoms with E-state index < -0.39 is 17.4 Å². The molecular formula is C25H34F2. The molecule has 27 heavy (non-hydrogen) atoms. The van der Waals surface area contributed by atoms with Gasteiger partial charge in [0.1, 0.15) is 5.83 Å². The molecule has 0 bridgehead atoms. The maximum Gasteiger partial charge on any atom is 0.161 e. The Labute approximate surface area is 163 Å². The molecule has 0 spiro atoms. The van der Waals surface area contributed by atoms with Gasteiger partial charge < -0.3 is 0 Å². The first-order valence-electron chi connectivity index (χ1n) is 10.8. The first-order valence-corrected chi connectivity index (χ1v) is 10.8. The zero-order valence-corrected chi connectivity index (χ0v) is 16.7. The van der Waals surface area contributed by atoms with Crippen molar-refractivity contribution in [2.45, 2.75) is 77.3 Å². The van der Waals surface area contributed by atoms with E-state index in [4.69, 9.17) is 0 Å². The quantitative estimate of drug-likeness (QED) is 0.374. The molecule has 2 aliphatic rings. The van der Waals surface area contributed by atoms with Crippen molar-refractivity contribution in [1.82, 2.24) is 0 Å². The Balaban J connectivity index is 1.85. The van der Waals surface area contributed by atoms with Gasteiger partial charge in [-0.05, 0) is 42.7 Å². The predicted octanol–water partition coefficient (Wildman–Crippen LogP) is 6.24. The Kier molecular flexibility index (Phi) is 6.89. The summed E-state index contributed by atoms with van der Waals surface area (Å²) in [4.78, 5) is 0. The van der Waals surface area contributed by atoms with Crippen LogP contribution in [0.3, 0.4) is 0 Å². The van der Waals surface area contributed by atoms with Crippen molar-refractivity contribution < 1.29 is 8.78 Å². The number of halogens is 2. The molecule has 0 saturated heterocycles. The number of hydrogen-bond donors (Lipinski definition) is 0. The molecule has 2 atom stereocenters. The molecule has 148 valence electrons. The Bertz CT molecular complexity index is 742. The molecule has 1 saturated carbocycles. The second-order valence-corrected chi connectivity index (χ2v) is 8.60. The molecule has 0 aromatic heterocycles. The average molecular weight is 373 g/mol. The minimum Gasteiger partial charge on any atom is -0.239 e. The van der Waals surface area contributed by atoms with Gasteiger partial charge in [-0.2, -0.15) is 0 Å². The van der Waals surface area contributed by atoms with Crippen molar-refractivity contribution in [3.63, 3.8) is 0 Å². The maximum atomic E-state index is 15.6. The monoisotopic (exact) mass is 372 g/mol. The summed E-state index contributed by atoms with van der Waals surface area (Å²) in [6.45, 7) is 6.07. The molecule has 1 aromatic carbocycles. The van der Waals surface area contributed by atoms with Crippen LogP contribution in [0.4, 0.5) is 8.78 Å². The van der Waals surface area contributed by atoms with E-state index in [-0.39, 0.29) is 5.92 Å². The van der Waals surface area contributed by atoms with Crippen molar-refractivity contribution >= 4 is 11.9 Å². The number of hydrogen-bond acceptors (Lipinski definition) is 0. The maximum absolute atomic E-state index is 15.6. The van der Waals surface area contributed by atoms with Crippen LogP contribution in [0.15, 0.2) is 36.9 Å². The summed E-state index contributed by atoms with van der Waals surface area (Å²) in [5, 5.41) is 1.30. The van der Waals surface area contributed by atoms with Crippen molar-refractivity contribution in [1.29, 1.82) is 0 Å². The van der Waals surface area contributed by atoms with E-state index in [2.05, 4.69) is 19.6 Å². The highest BCUT2D eigenvalue weighted by atomic mass is 19.2. The summed E-state index contributed by atoms with van der Waals surface area (Å²) in [5.74, 6) is 0.420. The van der Waals surface area contributed by atoms with E-state index in [1.165, 1.54) is 25.7 Å². The van der Waals surface area contributed by atoms with E-state index in [0.29, 0.717) is 11.6 Å². The van der Waals surface area contributed by atoms with Crippen LogP contribution >= 0.6 is 0 Å². The molecule has 2 heteroatoms. The fraction of sp³-hybridized carbons (Fsp3) is 0.600. The lowest BCUT2D eigenvalue weighted by atomic mass is 9.60. The lowest BCUT2D eigenvalue weighted by molar-refractivity contribution is 0.0768. The molecule has 0 nitrogen and oxygen atoms in total. The molecule has 0 amide bonds. The summed E-state index contributed by atoms with van der Waals surface area (Å²) >= 11 is 0. The molecule has 0 N–H and O–H groups in total. The van der Waals surface area contributed by atoms with Crippen LogP contribution in [0.2, 0.25) is 0 Å². The molecule has 2 aliphatic carbocycles. The predicted molar refractivity (Wildman–Crippen MR) is 111 cm³/mol. The van der Waals surface area contributed by atoms with Crippen molar-refractivity contribution in [2.24, 2.45) is 17.3 Å². The zero-order chi connectivity index (χ0) is 19.3. The molecule has 1 fully saturated rings. The normalized spacial score (nSPS) is 30.5.